The lowest BCUT2D eigenvalue weighted by atomic mass is 9.89. The first-order chi connectivity index (χ1) is 8.66. The predicted molar refractivity (Wildman–Crippen MR) is 81.1 cm³/mol. The van der Waals surface area contributed by atoms with Crippen LogP contribution in [0.4, 0.5) is 0 Å². The van der Waals surface area contributed by atoms with E-state index in [4.69, 9.17) is 0 Å². The molecule has 0 spiro atoms. The second-order valence-electron chi connectivity index (χ2n) is 8.08. The molecule has 0 aromatic carbocycles. The molecule has 1 heterocycles. The highest BCUT2D eigenvalue weighted by molar-refractivity contribution is 4.95. The van der Waals surface area contributed by atoms with Crippen molar-refractivity contribution in [3.05, 3.63) is 11.9 Å². The summed E-state index contributed by atoms with van der Waals surface area (Å²) < 4.78 is 2.00. The lowest BCUT2D eigenvalue weighted by Gasteiger charge is -2.17. The predicted octanol–water partition coefficient (Wildman–Crippen LogP) is 4.47. The molecule has 3 nitrogen and oxygen atoms in total. The minimum Gasteiger partial charge on any atom is -0.252 e. The Balaban J connectivity index is 2.24. The highest BCUT2D eigenvalue weighted by atomic mass is 15.4. The smallest absolute Gasteiger partial charge is 0.0832 e. The monoisotopic (exact) mass is 265 g/mol. The van der Waals surface area contributed by atoms with Crippen molar-refractivity contribution >= 4 is 0 Å². The molecule has 0 bridgehead atoms. The Bertz CT molecular complexity index is 366. The fourth-order valence-electron chi connectivity index (χ4n) is 2.18. The van der Waals surface area contributed by atoms with Crippen molar-refractivity contribution in [2.45, 2.75) is 80.2 Å². The van der Waals surface area contributed by atoms with Crippen LogP contribution < -0.4 is 0 Å². The molecule has 3 heteroatoms. The van der Waals surface area contributed by atoms with Crippen LogP contribution in [-0.2, 0) is 13.0 Å². The zero-order valence-corrected chi connectivity index (χ0v) is 13.7. The zero-order valence-electron chi connectivity index (χ0n) is 13.7. The fourth-order valence-corrected chi connectivity index (χ4v) is 2.18. The molecule has 110 valence electrons. The largest absolute Gasteiger partial charge is 0.252 e. The zero-order chi connectivity index (χ0) is 14.5. The molecule has 0 N–H and O–H groups in total. The van der Waals surface area contributed by atoms with E-state index in [0.29, 0.717) is 5.41 Å². The summed E-state index contributed by atoms with van der Waals surface area (Å²) in [7, 11) is 0. The summed E-state index contributed by atoms with van der Waals surface area (Å²) in [6.07, 6.45) is 8.21. The normalized spacial score (nSPS) is 12.9. The van der Waals surface area contributed by atoms with Gasteiger partial charge in [-0.3, -0.25) is 4.68 Å². The lowest BCUT2D eigenvalue weighted by molar-refractivity contribution is 0.354. The third-order valence-corrected chi connectivity index (χ3v) is 3.11. The van der Waals surface area contributed by atoms with Gasteiger partial charge in [-0.15, -0.1) is 5.10 Å². The highest BCUT2D eigenvalue weighted by Gasteiger charge is 2.14. The molecule has 0 saturated heterocycles. The van der Waals surface area contributed by atoms with Crippen LogP contribution in [0.5, 0.6) is 0 Å². The van der Waals surface area contributed by atoms with Gasteiger partial charge in [-0.2, -0.15) is 0 Å². The third kappa shape index (κ3) is 8.02. The Morgan fingerprint density at radius 3 is 2.21 bits per heavy atom. The van der Waals surface area contributed by atoms with Crippen LogP contribution in [0.3, 0.4) is 0 Å². The van der Waals surface area contributed by atoms with E-state index >= 15 is 0 Å². The SMILES string of the molecule is CC(C)(C)CCCCCn1cc(CC(C)(C)C)nn1. The maximum atomic E-state index is 4.25. The minimum absolute atomic E-state index is 0.285. The molecule has 0 aliphatic heterocycles. The van der Waals surface area contributed by atoms with E-state index in [0.717, 1.165) is 18.7 Å². The van der Waals surface area contributed by atoms with Crippen molar-refractivity contribution in [2.24, 2.45) is 10.8 Å². The first-order valence-electron chi connectivity index (χ1n) is 7.55. The maximum Gasteiger partial charge on any atom is 0.0832 e. The molecule has 0 amide bonds. The Morgan fingerprint density at radius 1 is 0.947 bits per heavy atom. The molecule has 0 fully saturated rings. The Kier molecular flexibility index (Phi) is 5.57. The topological polar surface area (TPSA) is 30.7 Å². The minimum atomic E-state index is 0.285. The van der Waals surface area contributed by atoms with E-state index in [1.165, 1.54) is 25.7 Å². The molecular weight excluding hydrogens is 234 g/mol. The summed E-state index contributed by atoms with van der Waals surface area (Å²) in [5.74, 6) is 0. The first kappa shape index (κ1) is 16.2. The van der Waals surface area contributed by atoms with Crippen LogP contribution in [0, 0.1) is 10.8 Å². The molecule has 0 aliphatic rings. The summed E-state index contributed by atoms with van der Waals surface area (Å²) in [6.45, 7) is 14.6. The van der Waals surface area contributed by atoms with Gasteiger partial charge in [0.1, 0.15) is 0 Å². The second kappa shape index (κ2) is 6.53. The molecule has 0 unspecified atom stereocenters. The third-order valence-electron chi connectivity index (χ3n) is 3.11. The van der Waals surface area contributed by atoms with E-state index in [1.54, 1.807) is 0 Å². The van der Waals surface area contributed by atoms with Gasteiger partial charge in [0.2, 0.25) is 0 Å². The van der Waals surface area contributed by atoms with Gasteiger partial charge in [0, 0.05) is 12.7 Å². The average molecular weight is 265 g/mol. The van der Waals surface area contributed by atoms with Gasteiger partial charge in [-0.1, -0.05) is 59.6 Å². The van der Waals surface area contributed by atoms with Gasteiger partial charge in [0.15, 0.2) is 0 Å². The maximum absolute atomic E-state index is 4.25. The van der Waals surface area contributed by atoms with Gasteiger partial charge < -0.3 is 0 Å². The van der Waals surface area contributed by atoms with E-state index in [2.05, 4.69) is 58.1 Å². The van der Waals surface area contributed by atoms with Crippen LogP contribution in [0.1, 0.15) is 72.9 Å². The number of rotatable bonds is 6. The van der Waals surface area contributed by atoms with Crippen LogP contribution in [0.25, 0.3) is 0 Å². The van der Waals surface area contributed by atoms with E-state index in [1.807, 2.05) is 4.68 Å². The Hall–Kier alpha value is -0.860. The average Bonchev–Trinajstić information content (AvgIpc) is 2.60. The van der Waals surface area contributed by atoms with Gasteiger partial charge >= 0.3 is 0 Å². The molecule has 0 saturated carbocycles. The Labute approximate surface area is 118 Å². The van der Waals surface area contributed by atoms with Crippen LogP contribution >= 0.6 is 0 Å². The summed E-state index contributed by atoms with van der Waals surface area (Å²) >= 11 is 0. The van der Waals surface area contributed by atoms with Crippen molar-refractivity contribution in [1.29, 1.82) is 0 Å². The van der Waals surface area contributed by atoms with E-state index in [9.17, 15) is 0 Å². The van der Waals surface area contributed by atoms with Crippen LogP contribution in [-0.4, -0.2) is 15.0 Å². The number of aryl methyl sites for hydroxylation is 1. The van der Waals surface area contributed by atoms with Crippen molar-refractivity contribution in [3.8, 4) is 0 Å². The first-order valence-corrected chi connectivity index (χ1v) is 7.55. The quantitative estimate of drug-likeness (QED) is 0.710. The summed E-state index contributed by atoms with van der Waals surface area (Å²) in [5, 5.41) is 8.47. The summed E-state index contributed by atoms with van der Waals surface area (Å²) in [6, 6.07) is 0. The number of hydrogen-bond acceptors (Lipinski definition) is 2. The van der Waals surface area contributed by atoms with Crippen molar-refractivity contribution in [2.75, 3.05) is 0 Å². The molecule has 1 aromatic heterocycles. The van der Waals surface area contributed by atoms with Crippen molar-refractivity contribution in [3.63, 3.8) is 0 Å². The number of unbranched alkanes of at least 4 members (excludes halogenated alkanes) is 2. The molecule has 1 rings (SSSR count). The molecule has 0 aliphatic carbocycles. The summed E-state index contributed by atoms with van der Waals surface area (Å²) in [5.41, 5.74) is 1.86. The molecule has 1 aromatic rings. The molecule has 0 radical (unpaired) electrons. The van der Waals surface area contributed by atoms with Crippen LogP contribution in [0.15, 0.2) is 6.20 Å². The molecule has 19 heavy (non-hydrogen) atoms. The lowest BCUT2D eigenvalue weighted by Crippen LogP contribution is -2.09. The van der Waals surface area contributed by atoms with Crippen molar-refractivity contribution < 1.29 is 0 Å². The highest BCUT2D eigenvalue weighted by Crippen LogP contribution is 2.22. The Morgan fingerprint density at radius 2 is 1.63 bits per heavy atom. The summed E-state index contributed by atoms with van der Waals surface area (Å²) in [4.78, 5) is 0. The number of hydrogen-bond donors (Lipinski definition) is 0. The van der Waals surface area contributed by atoms with E-state index < -0.39 is 0 Å². The van der Waals surface area contributed by atoms with Crippen molar-refractivity contribution in [1.82, 2.24) is 15.0 Å². The number of nitrogens with zero attached hydrogens (tertiary/aromatic N) is 3. The second-order valence-corrected chi connectivity index (χ2v) is 8.08. The van der Waals surface area contributed by atoms with E-state index in [-0.39, 0.29) is 5.41 Å². The van der Waals surface area contributed by atoms with Gasteiger partial charge in [-0.25, -0.2) is 0 Å². The molecule has 0 atom stereocenters. The van der Waals surface area contributed by atoms with Gasteiger partial charge in [-0.05, 0) is 30.1 Å². The number of aromatic nitrogens is 3. The van der Waals surface area contributed by atoms with Gasteiger partial charge in [0.05, 0.1) is 5.69 Å². The molecular formula is C16H31N3. The van der Waals surface area contributed by atoms with Crippen LogP contribution in [0.2, 0.25) is 0 Å². The van der Waals surface area contributed by atoms with Gasteiger partial charge in [0.25, 0.3) is 0 Å². The fraction of sp³-hybridized carbons (Fsp3) is 0.875. The standard InChI is InChI=1S/C16H31N3/c1-15(2,3)10-8-7-9-11-19-13-14(17-18-19)12-16(4,5)6/h13H,7-12H2,1-6H3.